The first-order valence-electron chi connectivity index (χ1n) is 11.2. The molecule has 1 aliphatic heterocycles. The number of hydrogen-bond donors (Lipinski definition) is 2. The third-order valence-electron chi connectivity index (χ3n) is 8.18. The molecule has 6 heteroatoms. The molecule has 0 radical (unpaired) electrons. The van der Waals surface area contributed by atoms with E-state index in [1.165, 1.54) is 32.1 Å². The minimum absolute atomic E-state index is 0.0140. The van der Waals surface area contributed by atoms with E-state index < -0.39 is 0 Å². The highest BCUT2D eigenvalue weighted by Gasteiger charge is 2.48. The molecule has 2 N–H and O–H groups in total. The minimum atomic E-state index is -0.0966. The van der Waals surface area contributed by atoms with E-state index in [9.17, 15) is 4.79 Å². The van der Waals surface area contributed by atoms with Crippen molar-refractivity contribution in [2.45, 2.75) is 64.5 Å². The summed E-state index contributed by atoms with van der Waals surface area (Å²) in [5.74, 6) is 4.35. The number of aryl methyl sites for hydroxylation is 2. The van der Waals surface area contributed by atoms with E-state index in [2.05, 4.69) is 22.7 Å². The van der Waals surface area contributed by atoms with E-state index in [0.29, 0.717) is 12.5 Å². The monoisotopic (exact) mass is 386 g/mol. The first-order chi connectivity index (χ1) is 13.5. The molecule has 4 saturated carbocycles. The van der Waals surface area contributed by atoms with E-state index in [-0.39, 0.29) is 18.2 Å². The number of amides is 2. The summed E-state index contributed by atoms with van der Waals surface area (Å²) in [7, 11) is 1.96. The average molecular weight is 387 g/mol. The topological polar surface area (TPSA) is 68.2 Å². The van der Waals surface area contributed by atoms with Crippen LogP contribution in [0.25, 0.3) is 0 Å². The van der Waals surface area contributed by atoms with Gasteiger partial charge in [0, 0.05) is 31.5 Å². The molecule has 6 rings (SSSR count). The molecule has 5 aliphatic rings. The zero-order valence-electron chi connectivity index (χ0n) is 17.4. The van der Waals surface area contributed by atoms with Gasteiger partial charge in [0.25, 0.3) is 0 Å². The van der Waals surface area contributed by atoms with E-state index in [0.717, 1.165) is 53.6 Å². The number of nitrogens with one attached hydrogen (secondary N) is 2. The quantitative estimate of drug-likeness (QED) is 0.835. The molecule has 0 unspecified atom stereocenters. The van der Waals surface area contributed by atoms with E-state index >= 15 is 0 Å². The van der Waals surface area contributed by atoms with Crippen molar-refractivity contribution in [2.75, 3.05) is 13.2 Å². The molecular formula is C22H34N4O2. The number of carbonyl (C=O) groups is 1. The lowest BCUT2D eigenvalue weighted by atomic mass is 9.52. The Balaban J connectivity index is 1.19. The number of carbonyl (C=O) groups excluding carboxylic acids is 1. The molecule has 6 nitrogen and oxygen atoms in total. The highest BCUT2D eigenvalue weighted by Crippen LogP contribution is 2.56. The van der Waals surface area contributed by atoms with Gasteiger partial charge < -0.3 is 15.4 Å². The van der Waals surface area contributed by atoms with E-state index in [4.69, 9.17) is 4.74 Å². The first-order valence-corrected chi connectivity index (χ1v) is 11.2. The lowest BCUT2D eigenvalue weighted by Gasteiger charge is -2.54. The molecule has 154 valence electrons. The Kier molecular flexibility index (Phi) is 4.65. The van der Waals surface area contributed by atoms with Crippen LogP contribution in [0, 0.1) is 43.4 Å². The third kappa shape index (κ3) is 3.14. The Hall–Kier alpha value is -1.56. The summed E-state index contributed by atoms with van der Waals surface area (Å²) in [6.45, 7) is 5.61. The summed E-state index contributed by atoms with van der Waals surface area (Å²) in [6.07, 6.45) is 7.84. The number of aromatic nitrogens is 2. The number of hydrogen-bond acceptors (Lipinski definition) is 3. The van der Waals surface area contributed by atoms with Crippen molar-refractivity contribution in [2.24, 2.45) is 36.6 Å². The van der Waals surface area contributed by atoms with Crippen molar-refractivity contribution in [3.05, 3.63) is 17.0 Å². The van der Waals surface area contributed by atoms with Gasteiger partial charge in [-0.2, -0.15) is 5.10 Å². The smallest absolute Gasteiger partial charge is 0.315 e. The minimum Gasteiger partial charge on any atom is -0.371 e. The molecule has 2 heterocycles. The summed E-state index contributed by atoms with van der Waals surface area (Å²) in [5.41, 5.74) is 3.24. The summed E-state index contributed by atoms with van der Waals surface area (Å²) in [5, 5.41) is 10.9. The van der Waals surface area contributed by atoms with Gasteiger partial charge in [-0.3, -0.25) is 4.68 Å². The highest BCUT2D eigenvalue weighted by atomic mass is 16.5. The van der Waals surface area contributed by atoms with Crippen LogP contribution in [0.15, 0.2) is 0 Å². The SMILES string of the molecule is Cc1nn(C)c(C)c1[C@H]1OCC[C@@H]1NC(=O)NCC1C2CC3CC(C2)CC1C3. The molecular weight excluding hydrogens is 352 g/mol. The molecule has 1 aromatic rings. The van der Waals surface area contributed by atoms with Crippen LogP contribution in [0.1, 0.15) is 61.6 Å². The second kappa shape index (κ2) is 7.05. The summed E-state index contributed by atoms with van der Waals surface area (Å²) >= 11 is 0. The van der Waals surface area contributed by atoms with Crippen molar-refractivity contribution in [1.29, 1.82) is 0 Å². The Labute approximate surface area is 167 Å². The Morgan fingerprint density at radius 1 is 1.14 bits per heavy atom. The van der Waals surface area contributed by atoms with Gasteiger partial charge >= 0.3 is 6.03 Å². The number of nitrogens with zero attached hydrogens (tertiary/aromatic N) is 2. The fourth-order valence-electron chi connectivity index (χ4n) is 7.02. The van der Waals surface area contributed by atoms with Crippen LogP contribution in [0.2, 0.25) is 0 Å². The number of rotatable bonds is 4. The lowest BCUT2D eigenvalue weighted by molar-refractivity contribution is -0.0344. The molecule has 2 atom stereocenters. The van der Waals surface area contributed by atoms with E-state index in [1.807, 2.05) is 18.7 Å². The van der Waals surface area contributed by atoms with Crippen LogP contribution in [0.5, 0.6) is 0 Å². The third-order valence-corrected chi connectivity index (χ3v) is 8.18. The molecule has 4 bridgehead atoms. The van der Waals surface area contributed by atoms with Gasteiger partial charge in [0.1, 0.15) is 6.10 Å². The van der Waals surface area contributed by atoms with Gasteiger partial charge in [-0.1, -0.05) is 0 Å². The zero-order chi connectivity index (χ0) is 19.4. The summed E-state index contributed by atoms with van der Waals surface area (Å²) < 4.78 is 7.90. The average Bonchev–Trinajstić information content (AvgIpc) is 3.17. The second-order valence-electron chi connectivity index (χ2n) is 9.84. The maximum Gasteiger partial charge on any atom is 0.315 e. The van der Waals surface area contributed by atoms with Crippen LogP contribution in [-0.4, -0.2) is 35.0 Å². The fraction of sp³-hybridized carbons (Fsp3) is 0.818. The molecule has 0 spiro atoms. The van der Waals surface area contributed by atoms with Gasteiger partial charge in [-0.05, 0) is 82.0 Å². The van der Waals surface area contributed by atoms with Crippen LogP contribution in [0.3, 0.4) is 0 Å². The molecule has 0 aromatic carbocycles. The number of urea groups is 1. The Bertz CT molecular complexity index is 730. The maximum absolute atomic E-state index is 12.7. The second-order valence-corrected chi connectivity index (χ2v) is 9.84. The van der Waals surface area contributed by atoms with Crippen LogP contribution in [0.4, 0.5) is 4.79 Å². The standard InChI is InChI=1S/C22H34N4O2/c1-12-20(13(2)26(3)25-12)21-19(4-5-28-21)24-22(27)23-11-18-16-7-14-6-15(9-16)10-17(18)8-14/h14-19,21H,4-11H2,1-3H3,(H2,23,24,27)/t14?,15?,16?,17?,18?,19-,21-/m0/s1. The Morgan fingerprint density at radius 2 is 1.82 bits per heavy atom. The largest absolute Gasteiger partial charge is 0.371 e. The van der Waals surface area contributed by atoms with Crippen molar-refractivity contribution in [1.82, 2.24) is 20.4 Å². The predicted molar refractivity (Wildman–Crippen MR) is 107 cm³/mol. The van der Waals surface area contributed by atoms with Crippen LogP contribution in [-0.2, 0) is 11.8 Å². The normalized spacial score (nSPS) is 38.8. The van der Waals surface area contributed by atoms with Crippen LogP contribution >= 0.6 is 0 Å². The van der Waals surface area contributed by atoms with Gasteiger partial charge in [-0.15, -0.1) is 0 Å². The summed E-state index contributed by atoms with van der Waals surface area (Å²) in [4.78, 5) is 12.7. The van der Waals surface area contributed by atoms with Gasteiger partial charge in [0.15, 0.2) is 0 Å². The molecule has 1 saturated heterocycles. The Morgan fingerprint density at radius 3 is 2.43 bits per heavy atom. The predicted octanol–water partition coefficient (Wildman–Crippen LogP) is 3.24. The van der Waals surface area contributed by atoms with Crippen molar-refractivity contribution in [3.8, 4) is 0 Å². The number of ether oxygens (including phenoxy) is 1. The molecule has 5 fully saturated rings. The zero-order valence-corrected chi connectivity index (χ0v) is 17.4. The maximum atomic E-state index is 12.7. The molecule has 28 heavy (non-hydrogen) atoms. The van der Waals surface area contributed by atoms with E-state index in [1.54, 1.807) is 0 Å². The molecule has 1 aromatic heterocycles. The highest BCUT2D eigenvalue weighted by molar-refractivity contribution is 5.74. The van der Waals surface area contributed by atoms with Gasteiger partial charge in [-0.25, -0.2) is 4.79 Å². The molecule has 2 amide bonds. The van der Waals surface area contributed by atoms with Gasteiger partial charge in [0.2, 0.25) is 0 Å². The van der Waals surface area contributed by atoms with Gasteiger partial charge in [0.05, 0.1) is 11.7 Å². The molecule has 4 aliphatic carbocycles. The van der Waals surface area contributed by atoms with Crippen LogP contribution < -0.4 is 10.6 Å². The fourth-order valence-corrected chi connectivity index (χ4v) is 7.02. The lowest BCUT2D eigenvalue weighted by Crippen LogP contribution is -2.51. The van der Waals surface area contributed by atoms with Crippen molar-refractivity contribution in [3.63, 3.8) is 0 Å². The first kappa shape index (κ1) is 18.5. The van der Waals surface area contributed by atoms with Crippen molar-refractivity contribution < 1.29 is 9.53 Å². The van der Waals surface area contributed by atoms with Crippen molar-refractivity contribution >= 4 is 6.03 Å². The summed E-state index contributed by atoms with van der Waals surface area (Å²) in [6, 6.07) is -0.0198.